The number of β-amino-alcohol motifs (C(OH)–C–C–N with tert-alkyl or cyclic N) is 1. The summed E-state index contributed by atoms with van der Waals surface area (Å²) in [7, 11) is 0. The molecule has 1 fully saturated rings. The van der Waals surface area contributed by atoms with Crippen LogP contribution < -0.4 is 4.74 Å². The minimum absolute atomic E-state index is 0.242. The van der Waals surface area contributed by atoms with Crippen molar-refractivity contribution in [2.45, 2.75) is 50.0 Å². The lowest BCUT2D eigenvalue weighted by molar-refractivity contribution is -0.145. The Morgan fingerprint density at radius 1 is 1.08 bits per heavy atom. The number of unbranched alkanes of at least 4 members (excludes halogenated alkanes) is 3. The minimum Gasteiger partial charge on any atom is -0.493 e. The van der Waals surface area contributed by atoms with E-state index in [1.807, 2.05) is 4.90 Å². The number of hydrogen-bond donors (Lipinski definition) is 4. The first kappa shape index (κ1) is 20.1. The lowest BCUT2D eigenvalue weighted by Crippen LogP contribution is -2.62. The monoisotopic (exact) mass is 357 g/mol. The van der Waals surface area contributed by atoms with Crippen molar-refractivity contribution in [3.8, 4) is 5.75 Å². The third-order valence-electron chi connectivity index (χ3n) is 4.62. The summed E-state index contributed by atoms with van der Waals surface area (Å²) < 4.78 is 18.5. The molecular weight excluding hydrogens is 329 g/mol. The maximum Gasteiger partial charge on any atom is 0.126 e. The van der Waals surface area contributed by atoms with Crippen molar-refractivity contribution in [1.82, 2.24) is 4.90 Å². The standard InChI is InChI=1S/C18H28FNO5/c19-13-6-5-7-14(10-13)25-9-4-2-1-3-8-20-11-16(22)18(24)17(23)15(20)12-21/h5-7,10,15-18,21-24H,1-4,8-9,11-12H2/t15-,16+,17-,18-/m1/s1. The van der Waals surface area contributed by atoms with Crippen molar-refractivity contribution >= 4 is 0 Å². The molecule has 0 aromatic heterocycles. The zero-order valence-corrected chi connectivity index (χ0v) is 14.3. The number of piperidine rings is 1. The SMILES string of the molecule is OC[C@@H]1[C@@H](O)[C@H](O)[C@@H](O)CN1CCCCCCOc1cccc(F)c1. The number of nitrogens with zero attached hydrogens (tertiary/aromatic N) is 1. The second kappa shape index (κ2) is 10.0. The summed E-state index contributed by atoms with van der Waals surface area (Å²) >= 11 is 0. The number of rotatable bonds is 9. The first-order valence-corrected chi connectivity index (χ1v) is 8.80. The Morgan fingerprint density at radius 3 is 2.56 bits per heavy atom. The van der Waals surface area contributed by atoms with Gasteiger partial charge in [0.15, 0.2) is 0 Å². The third-order valence-corrected chi connectivity index (χ3v) is 4.62. The highest BCUT2D eigenvalue weighted by molar-refractivity contribution is 5.22. The fourth-order valence-corrected chi connectivity index (χ4v) is 3.15. The molecule has 6 nitrogen and oxygen atoms in total. The Hall–Kier alpha value is -1.25. The van der Waals surface area contributed by atoms with Crippen LogP contribution in [0.25, 0.3) is 0 Å². The number of aliphatic hydroxyl groups is 4. The smallest absolute Gasteiger partial charge is 0.126 e. The van der Waals surface area contributed by atoms with E-state index in [1.165, 1.54) is 12.1 Å². The Balaban J connectivity index is 1.60. The maximum atomic E-state index is 13.0. The highest BCUT2D eigenvalue weighted by atomic mass is 19.1. The van der Waals surface area contributed by atoms with Crippen LogP contribution >= 0.6 is 0 Å². The van der Waals surface area contributed by atoms with E-state index in [2.05, 4.69) is 0 Å². The zero-order chi connectivity index (χ0) is 18.2. The molecule has 7 heteroatoms. The highest BCUT2D eigenvalue weighted by Gasteiger charge is 2.40. The number of halogens is 1. The van der Waals surface area contributed by atoms with Crippen LogP contribution in [-0.2, 0) is 0 Å². The Kier molecular flexibility index (Phi) is 8.05. The van der Waals surface area contributed by atoms with Crippen LogP contribution in [0.1, 0.15) is 25.7 Å². The van der Waals surface area contributed by atoms with Gasteiger partial charge in [-0.1, -0.05) is 18.9 Å². The fourth-order valence-electron chi connectivity index (χ4n) is 3.15. The molecule has 0 radical (unpaired) electrons. The lowest BCUT2D eigenvalue weighted by Gasteiger charge is -2.43. The van der Waals surface area contributed by atoms with Crippen molar-refractivity contribution in [1.29, 1.82) is 0 Å². The Bertz CT molecular complexity index is 518. The van der Waals surface area contributed by atoms with E-state index in [-0.39, 0.29) is 19.0 Å². The molecule has 0 spiro atoms. The summed E-state index contributed by atoms with van der Waals surface area (Å²) in [4.78, 5) is 1.82. The molecule has 2 rings (SSSR count). The average Bonchev–Trinajstić information content (AvgIpc) is 2.59. The van der Waals surface area contributed by atoms with E-state index >= 15 is 0 Å². The second-order valence-corrected chi connectivity index (χ2v) is 6.51. The first-order valence-electron chi connectivity index (χ1n) is 8.80. The molecule has 1 aromatic rings. The van der Waals surface area contributed by atoms with E-state index in [0.717, 1.165) is 25.7 Å². The molecular formula is C18H28FNO5. The van der Waals surface area contributed by atoms with Crippen LogP contribution in [0.5, 0.6) is 5.75 Å². The van der Waals surface area contributed by atoms with Crippen molar-refractivity contribution in [2.24, 2.45) is 0 Å². The molecule has 1 aliphatic heterocycles. The van der Waals surface area contributed by atoms with Crippen LogP contribution in [0.4, 0.5) is 4.39 Å². The van der Waals surface area contributed by atoms with Crippen molar-refractivity contribution in [3.05, 3.63) is 30.1 Å². The van der Waals surface area contributed by atoms with Crippen LogP contribution in [0.15, 0.2) is 24.3 Å². The second-order valence-electron chi connectivity index (χ2n) is 6.51. The summed E-state index contributed by atoms with van der Waals surface area (Å²) in [5.41, 5.74) is 0. The van der Waals surface area contributed by atoms with Gasteiger partial charge in [0.25, 0.3) is 0 Å². The van der Waals surface area contributed by atoms with Crippen molar-refractivity contribution in [3.63, 3.8) is 0 Å². The largest absolute Gasteiger partial charge is 0.493 e. The van der Waals surface area contributed by atoms with Gasteiger partial charge in [0, 0.05) is 12.6 Å². The molecule has 4 N–H and O–H groups in total. The summed E-state index contributed by atoms with van der Waals surface area (Å²) in [5, 5.41) is 38.7. The first-order chi connectivity index (χ1) is 12.0. The topological polar surface area (TPSA) is 93.4 Å². The van der Waals surface area contributed by atoms with Gasteiger partial charge in [-0.15, -0.1) is 0 Å². The number of benzene rings is 1. The maximum absolute atomic E-state index is 13.0. The van der Waals surface area contributed by atoms with Gasteiger partial charge in [-0.3, -0.25) is 4.90 Å². The van der Waals surface area contributed by atoms with E-state index in [4.69, 9.17) is 4.74 Å². The van der Waals surface area contributed by atoms with E-state index in [9.17, 15) is 24.8 Å². The van der Waals surface area contributed by atoms with E-state index in [1.54, 1.807) is 12.1 Å². The molecule has 0 amide bonds. The predicted octanol–water partition coefficient (Wildman–Crippen LogP) is 0.524. The fraction of sp³-hybridized carbons (Fsp3) is 0.667. The van der Waals surface area contributed by atoms with Gasteiger partial charge in [-0.25, -0.2) is 4.39 Å². The number of ether oxygens (including phenoxy) is 1. The third kappa shape index (κ3) is 5.90. The molecule has 25 heavy (non-hydrogen) atoms. The van der Waals surface area contributed by atoms with Gasteiger partial charge in [-0.05, 0) is 31.5 Å². The van der Waals surface area contributed by atoms with Crippen LogP contribution in [-0.4, -0.2) is 76.0 Å². The molecule has 0 aliphatic carbocycles. The molecule has 0 saturated carbocycles. The quantitative estimate of drug-likeness (QED) is 0.482. The van der Waals surface area contributed by atoms with E-state index in [0.29, 0.717) is 18.9 Å². The average molecular weight is 357 g/mol. The Morgan fingerprint density at radius 2 is 1.84 bits per heavy atom. The molecule has 0 bridgehead atoms. The number of likely N-dealkylation sites (tertiary alicyclic amines) is 1. The van der Waals surface area contributed by atoms with Crippen molar-refractivity contribution in [2.75, 3.05) is 26.3 Å². The zero-order valence-electron chi connectivity index (χ0n) is 14.3. The molecule has 1 saturated heterocycles. The number of aliphatic hydroxyl groups excluding tert-OH is 4. The molecule has 1 aromatic carbocycles. The van der Waals surface area contributed by atoms with Crippen LogP contribution in [0.2, 0.25) is 0 Å². The van der Waals surface area contributed by atoms with Crippen molar-refractivity contribution < 1.29 is 29.6 Å². The van der Waals surface area contributed by atoms with Gasteiger partial charge in [0.05, 0.1) is 25.4 Å². The van der Waals surface area contributed by atoms with Gasteiger partial charge >= 0.3 is 0 Å². The lowest BCUT2D eigenvalue weighted by atomic mass is 9.94. The highest BCUT2D eigenvalue weighted by Crippen LogP contribution is 2.20. The summed E-state index contributed by atoms with van der Waals surface area (Å²) in [6.07, 6.45) is 0.228. The van der Waals surface area contributed by atoms with Crippen LogP contribution in [0, 0.1) is 5.82 Å². The predicted molar refractivity (Wildman–Crippen MR) is 90.8 cm³/mol. The molecule has 0 unspecified atom stereocenters. The number of hydrogen-bond acceptors (Lipinski definition) is 6. The Labute approximate surface area is 147 Å². The van der Waals surface area contributed by atoms with E-state index < -0.39 is 24.4 Å². The summed E-state index contributed by atoms with van der Waals surface area (Å²) in [6, 6.07) is 5.52. The minimum atomic E-state index is -1.21. The molecule has 142 valence electrons. The normalized spacial score (nSPS) is 27.4. The van der Waals surface area contributed by atoms with Gasteiger partial charge in [-0.2, -0.15) is 0 Å². The van der Waals surface area contributed by atoms with Gasteiger partial charge in [0.2, 0.25) is 0 Å². The van der Waals surface area contributed by atoms with Gasteiger partial charge < -0.3 is 25.2 Å². The van der Waals surface area contributed by atoms with Gasteiger partial charge in [0.1, 0.15) is 23.8 Å². The molecule has 4 atom stereocenters. The summed E-state index contributed by atoms with van der Waals surface area (Å²) in [6.45, 7) is 1.14. The molecule has 1 heterocycles. The summed E-state index contributed by atoms with van der Waals surface area (Å²) in [5.74, 6) is 0.215. The van der Waals surface area contributed by atoms with Crippen LogP contribution in [0.3, 0.4) is 0 Å². The molecule has 1 aliphatic rings.